The number of pyridine rings is 1. The molecule has 0 saturated heterocycles. The summed E-state index contributed by atoms with van der Waals surface area (Å²) in [5.74, 6) is 0. The number of hydrogen-bond acceptors (Lipinski definition) is 1. The molecule has 1 heterocycles. The van der Waals surface area contributed by atoms with Crippen LogP contribution in [0.25, 0.3) is 11.3 Å². The van der Waals surface area contributed by atoms with Gasteiger partial charge in [-0.25, -0.2) is 0 Å². The lowest BCUT2D eigenvalue weighted by Crippen LogP contribution is -2.38. The molecule has 2 heteroatoms. The first-order valence-electron chi connectivity index (χ1n) is 6.01. The average molecular weight is 241 g/mol. The van der Waals surface area contributed by atoms with E-state index in [0.29, 0.717) is 0 Å². The molecule has 2 rings (SSSR count). The Bertz CT molecular complexity index is 512. The van der Waals surface area contributed by atoms with E-state index in [4.69, 9.17) is 0 Å². The minimum atomic E-state index is -1.25. The molecule has 0 aliphatic heterocycles. The van der Waals surface area contributed by atoms with Gasteiger partial charge < -0.3 is 0 Å². The van der Waals surface area contributed by atoms with Crippen molar-refractivity contribution in [2.75, 3.05) is 0 Å². The molecule has 17 heavy (non-hydrogen) atoms. The lowest BCUT2D eigenvalue weighted by Gasteiger charge is -2.17. The topological polar surface area (TPSA) is 12.9 Å². The lowest BCUT2D eigenvalue weighted by atomic mass is 10.1. The second-order valence-electron chi connectivity index (χ2n) is 5.51. The molecule has 1 aromatic carbocycles. The van der Waals surface area contributed by atoms with Gasteiger partial charge in [-0.1, -0.05) is 56.0 Å². The molecule has 0 radical (unpaired) electrons. The molecule has 0 aliphatic rings. The first-order valence-corrected chi connectivity index (χ1v) is 9.51. The van der Waals surface area contributed by atoms with E-state index >= 15 is 0 Å². The van der Waals surface area contributed by atoms with Crippen molar-refractivity contribution < 1.29 is 0 Å². The van der Waals surface area contributed by atoms with Gasteiger partial charge in [-0.3, -0.25) is 4.98 Å². The number of aromatic nitrogens is 1. The van der Waals surface area contributed by atoms with Crippen LogP contribution in [0.2, 0.25) is 19.6 Å². The fourth-order valence-corrected chi connectivity index (χ4v) is 2.98. The van der Waals surface area contributed by atoms with Gasteiger partial charge in [0.05, 0.1) is 13.8 Å². The van der Waals surface area contributed by atoms with Crippen molar-refractivity contribution >= 4 is 13.3 Å². The summed E-state index contributed by atoms with van der Waals surface area (Å²) in [5.41, 5.74) is 3.58. The Morgan fingerprint density at radius 1 is 1.00 bits per heavy atom. The Labute approximate surface area is 105 Å². The van der Waals surface area contributed by atoms with Gasteiger partial charge in [-0.15, -0.1) is 0 Å². The van der Waals surface area contributed by atoms with Crippen molar-refractivity contribution in [3.05, 3.63) is 48.2 Å². The van der Waals surface area contributed by atoms with Crippen LogP contribution < -0.4 is 5.19 Å². The van der Waals surface area contributed by atoms with Crippen molar-refractivity contribution in [1.82, 2.24) is 4.98 Å². The van der Waals surface area contributed by atoms with Gasteiger partial charge in [0, 0.05) is 11.8 Å². The van der Waals surface area contributed by atoms with Gasteiger partial charge in [0.15, 0.2) is 0 Å². The molecule has 0 amide bonds. The zero-order valence-electron chi connectivity index (χ0n) is 11.0. The molecule has 88 valence electrons. The highest BCUT2D eigenvalue weighted by atomic mass is 28.3. The Kier molecular flexibility index (Phi) is 3.16. The first-order chi connectivity index (χ1) is 7.98. The summed E-state index contributed by atoms with van der Waals surface area (Å²) in [6.07, 6.45) is 2.06. The molecule has 0 N–H and O–H groups in total. The molecule has 0 unspecified atom stereocenters. The summed E-state index contributed by atoms with van der Waals surface area (Å²) in [5, 5.41) is 1.43. The number of benzene rings is 1. The van der Waals surface area contributed by atoms with Crippen LogP contribution in [0.1, 0.15) is 5.56 Å². The zero-order chi connectivity index (χ0) is 12.5. The van der Waals surface area contributed by atoms with Crippen molar-refractivity contribution in [1.29, 1.82) is 0 Å². The van der Waals surface area contributed by atoms with Crippen molar-refractivity contribution in [2.24, 2.45) is 0 Å². The highest BCUT2D eigenvalue weighted by molar-refractivity contribution is 6.88. The van der Waals surface area contributed by atoms with Crippen LogP contribution in [-0.2, 0) is 0 Å². The standard InChI is InChI=1S/C15H19NSi/c1-12-10-14(17(2,3)4)11-16-15(12)13-8-6-5-7-9-13/h5-11H,1-4H3. The minimum absolute atomic E-state index is 1.10. The monoisotopic (exact) mass is 241 g/mol. The summed E-state index contributed by atoms with van der Waals surface area (Å²) in [6, 6.07) is 12.7. The zero-order valence-corrected chi connectivity index (χ0v) is 12.0. The first kappa shape index (κ1) is 12.1. The van der Waals surface area contributed by atoms with E-state index in [1.165, 1.54) is 16.3 Å². The number of aryl methyl sites for hydroxylation is 1. The molecule has 0 fully saturated rings. The van der Waals surface area contributed by atoms with E-state index < -0.39 is 8.07 Å². The van der Waals surface area contributed by atoms with Gasteiger partial charge in [0.2, 0.25) is 0 Å². The third-order valence-electron chi connectivity index (χ3n) is 2.99. The van der Waals surface area contributed by atoms with Crippen LogP contribution in [0.5, 0.6) is 0 Å². The van der Waals surface area contributed by atoms with E-state index in [0.717, 1.165) is 5.69 Å². The Hall–Kier alpha value is -1.41. The molecule has 0 saturated carbocycles. The lowest BCUT2D eigenvalue weighted by molar-refractivity contribution is 1.28. The summed E-state index contributed by atoms with van der Waals surface area (Å²) in [4.78, 5) is 4.65. The summed E-state index contributed by atoms with van der Waals surface area (Å²) >= 11 is 0. The highest BCUT2D eigenvalue weighted by Gasteiger charge is 2.17. The normalized spacial score (nSPS) is 11.5. The van der Waals surface area contributed by atoms with Crippen molar-refractivity contribution in [3.63, 3.8) is 0 Å². The maximum Gasteiger partial charge on any atom is 0.0796 e. The van der Waals surface area contributed by atoms with Gasteiger partial charge in [0.1, 0.15) is 0 Å². The predicted octanol–water partition coefficient (Wildman–Crippen LogP) is 3.60. The highest BCUT2D eigenvalue weighted by Crippen LogP contribution is 2.19. The third kappa shape index (κ3) is 2.64. The van der Waals surface area contributed by atoms with E-state index in [2.05, 4.69) is 68.1 Å². The van der Waals surface area contributed by atoms with Gasteiger partial charge in [-0.05, 0) is 17.7 Å². The van der Waals surface area contributed by atoms with Crippen molar-refractivity contribution in [2.45, 2.75) is 26.6 Å². The van der Waals surface area contributed by atoms with E-state index in [-0.39, 0.29) is 0 Å². The second-order valence-corrected chi connectivity index (χ2v) is 10.6. The Morgan fingerprint density at radius 3 is 2.18 bits per heavy atom. The van der Waals surface area contributed by atoms with E-state index in [1.807, 2.05) is 6.07 Å². The summed E-state index contributed by atoms with van der Waals surface area (Å²) in [7, 11) is -1.25. The fraction of sp³-hybridized carbons (Fsp3) is 0.267. The smallest absolute Gasteiger partial charge is 0.0796 e. The fourth-order valence-electron chi connectivity index (χ4n) is 1.88. The van der Waals surface area contributed by atoms with Gasteiger partial charge in [-0.2, -0.15) is 0 Å². The maximum atomic E-state index is 4.65. The van der Waals surface area contributed by atoms with Crippen LogP contribution >= 0.6 is 0 Å². The minimum Gasteiger partial charge on any atom is -0.256 e. The molecular weight excluding hydrogens is 222 g/mol. The van der Waals surface area contributed by atoms with Crippen LogP contribution in [0.4, 0.5) is 0 Å². The number of hydrogen-bond donors (Lipinski definition) is 0. The van der Waals surface area contributed by atoms with E-state index in [9.17, 15) is 0 Å². The molecule has 0 spiro atoms. The molecule has 0 aliphatic carbocycles. The molecule has 2 aromatic rings. The number of rotatable bonds is 2. The number of nitrogens with zero attached hydrogens (tertiary/aromatic N) is 1. The molecular formula is C15H19NSi. The maximum absolute atomic E-state index is 4.65. The third-order valence-corrected chi connectivity index (χ3v) is 5.00. The van der Waals surface area contributed by atoms with Crippen LogP contribution in [0.15, 0.2) is 42.6 Å². The second kappa shape index (κ2) is 4.45. The van der Waals surface area contributed by atoms with Crippen molar-refractivity contribution in [3.8, 4) is 11.3 Å². The van der Waals surface area contributed by atoms with E-state index in [1.54, 1.807) is 0 Å². The van der Waals surface area contributed by atoms with Gasteiger partial charge >= 0.3 is 0 Å². The van der Waals surface area contributed by atoms with Gasteiger partial charge in [0.25, 0.3) is 0 Å². The Morgan fingerprint density at radius 2 is 1.65 bits per heavy atom. The molecule has 0 atom stereocenters. The van der Waals surface area contributed by atoms with Crippen LogP contribution in [0, 0.1) is 6.92 Å². The quantitative estimate of drug-likeness (QED) is 0.732. The molecule has 0 bridgehead atoms. The average Bonchev–Trinajstić information content (AvgIpc) is 2.29. The van der Waals surface area contributed by atoms with Crippen LogP contribution in [0.3, 0.4) is 0 Å². The summed E-state index contributed by atoms with van der Waals surface area (Å²) < 4.78 is 0. The molecule has 1 aromatic heterocycles. The molecule has 1 nitrogen and oxygen atoms in total. The predicted molar refractivity (Wildman–Crippen MR) is 77.4 cm³/mol. The van der Waals surface area contributed by atoms with Crippen LogP contribution in [-0.4, -0.2) is 13.1 Å². The Balaban J connectivity index is 2.46. The largest absolute Gasteiger partial charge is 0.256 e. The summed E-state index contributed by atoms with van der Waals surface area (Å²) in [6.45, 7) is 9.21. The SMILES string of the molecule is Cc1cc([Si](C)(C)C)cnc1-c1ccccc1.